The maximum atomic E-state index is 11.8. The van der Waals surface area contributed by atoms with Gasteiger partial charge in [0.2, 0.25) is 0 Å². The molecule has 1 aromatic carbocycles. The van der Waals surface area contributed by atoms with E-state index in [-0.39, 0.29) is 0 Å². The van der Waals surface area contributed by atoms with E-state index in [1.165, 1.54) is 11.3 Å². The Labute approximate surface area is 127 Å². The number of methoxy groups -OCH3 is 2. The fourth-order valence-corrected chi connectivity index (χ4v) is 2.78. The third-order valence-electron chi connectivity index (χ3n) is 2.90. The molecule has 0 N–H and O–H groups in total. The van der Waals surface area contributed by atoms with Crippen molar-refractivity contribution in [3.63, 3.8) is 0 Å². The first-order valence-corrected chi connectivity index (χ1v) is 7.29. The van der Waals surface area contributed by atoms with E-state index >= 15 is 0 Å². The van der Waals surface area contributed by atoms with Gasteiger partial charge in [-0.15, -0.1) is 11.3 Å². The van der Waals surface area contributed by atoms with Crippen LogP contribution < -0.4 is 9.47 Å². The van der Waals surface area contributed by atoms with E-state index in [0.29, 0.717) is 23.8 Å². The van der Waals surface area contributed by atoms with Crippen LogP contribution in [-0.4, -0.2) is 31.8 Å². The number of aryl methyl sites for hydroxylation is 1. The van der Waals surface area contributed by atoms with E-state index in [9.17, 15) is 4.79 Å². The SMILES string of the molecule is CCOC(=O)c1nc(-c2ccc(OC)c(OC)c2)sc1C. The molecule has 0 aliphatic carbocycles. The minimum absolute atomic E-state index is 0.335. The second kappa shape index (κ2) is 6.58. The second-order valence-electron chi connectivity index (χ2n) is 4.21. The van der Waals surface area contributed by atoms with Crippen molar-refractivity contribution in [2.45, 2.75) is 13.8 Å². The first-order chi connectivity index (χ1) is 10.1. The van der Waals surface area contributed by atoms with Crippen LogP contribution in [-0.2, 0) is 4.74 Å². The van der Waals surface area contributed by atoms with E-state index in [2.05, 4.69) is 4.98 Å². The normalized spacial score (nSPS) is 10.3. The molecule has 0 spiro atoms. The zero-order chi connectivity index (χ0) is 15.4. The molecule has 0 unspecified atom stereocenters. The highest BCUT2D eigenvalue weighted by Crippen LogP contribution is 2.34. The highest BCUT2D eigenvalue weighted by atomic mass is 32.1. The minimum atomic E-state index is -0.391. The molecule has 1 aromatic heterocycles. The first-order valence-electron chi connectivity index (χ1n) is 6.47. The molecule has 0 saturated carbocycles. The monoisotopic (exact) mass is 307 g/mol. The summed E-state index contributed by atoms with van der Waals surface area (Å²) in [5.41, 5.74) is 1.24. The van der Waals surface area contributed by atoms with Crippen LogP contribution in [0.3, 0.4) is 0 Å². The number of ether oxygens (including phenoxy) is 3. The number of hydrogen-bond donors (Lipinski definition) is 0. The number of esters is 1. The first kappa shape index (κ1) is 15.3. The molecule has 0 amide bonds. The summed E-state index contributed by atoms with van der Waals surface area (Å²) in [6.45, 7) is 3.96. The fraction of sp³-hybridized carbons (Fsp3) is 0.333. The summed E-state index contributed by atoms with van der Waals surface area (Å²) in [5.74, 6) is 0.888. The largest absolute Gasteiger partial charge is 0.493 e. The van der Waals surface area contributed by atoms with Gasteiger partial charge in [-0.1, -0.05) is 0 Å². The summed E-state index contributed by atoms with van der Waals surface area (Å²) in [7, 11) is 3.17. The summed E-state index contributed by atoms with van der Waals surface area (Å²) >= 11 is 1.45. The van der Waals surface area contributed by atoms with Crippen LogP contribution in [0.2, 0.25) is 0 Å². The second-order valence-corrected chi connectivity index (χ2v) is 5.42. The zero-order valence-electron chi connectivity index (χ0n) is 12.4. The van der Waals surface area contributed by atoms with Crippen LogP contribution in [0.15, 0.2) is 18.2 Å². The van der Waals surface area contributed by atoms with Crippen molar-refractivity contribution >= 4 is 17.3 Å². The summed E-state index contributed by atoms with van der Waals surface area (Å²) in [6.07, 6.45) is 0. The van der Waals surface area contributed by atoms with E-state index < -0.39 is 5.97 Å². The number of carbonyl (C=O) groups excluding carboxylic acids is 1. The Morgan fingerprint density at radius 1 is 1.24 bits per heavy atom. The van der Waals surface area contributed by atoms with Crippen LogP contribution in [0, 0.1) is 6.92 Å². The average Bonchev–Trinajstić information content (AvgIpc) is 2.88. The molecular weight excluding hydrogens is 290 g/mol. The van der Waals surface area contributed by atoms with Gasteiger partial charge >= 0.3 is 5.97 Å². The molecule has 6 heteroatoms. The molecule has 0 radical (unpaired) electrons. The van der Waals surface area contributed by atoms with Gasteiger partial charge in [0.15, 0.2) is 17.2 Å². The van der Waals surface area contributed by atoms with Crippen LogP contribution in [0.25, 0.3) is 10.6 Å². The van der Waals surface area contributed by atoms with Crippen molar-refractivity contribution in [3.8, 4) is 22.1 Å². The Bertz CT molecular complexity index is 651. The van der Waals surface area contributed by atoms with E-state index in [1.807, 2.05) is 25.1 Å². The van der Waals surface area contributed by atoms with Gasteiger partial charge in [0.1, 0.15) is 5.01 Å². The van der Waals surface area contributed by atoms with Crippen molar-refractivity contribution in [1.29, 1.82) is 0 Å². The van der Waals surface area contributed by atoms with Gasteiger partial charge in [0.25, 0.3) is 0 Å². The number of thiazole rings is 1. The summed E-state index contributed by atoms with van der Waals surface area (Å²) in [6, 6.07) is 5.54. The maximum Gasteiger partial charge on any atom is 0.358 e. The van der Waals surface area contributed by atoms with Crippen LogP contribution >= 0.6 is 11.3 Å². The lowest BCUT2D eigenvalue weighted by Crippen LogP contribution is -2.06. The van der Waals surface area contributed by atoms with Gasteiger partial charge in [-0.3, -0.25) is 0 Å². The molecule has 2 aromatic rings. The smallest absolute Gasteiger partial charge is 0.358 e. The molecule has 0 saturated heterocycles. The Morgan fingerprint density at radius 3 is 2.57 bits per heavy atom. The lowest BCUT2D eigenvalue weighted by atomic mass is 10.2. The molecule has 5 nitrogen and oxygen atoms in total. The van der Waals surface area contributed by atoms with E-state index in [1.54, 1.807) is 21.1 Å². The minimum Gasteiger partial charge on any atom is -0.493 e. The molecule has 0 aliphatic heterocycles. The van der Waals surface area contributed by atoms with Gasteiger partial charge in [0.05, 0.1) is 20.8 Å². The lowest BCUT2D eigenvalue weighted by Gasteiger charge is -2.08. The Kier molecular flexibility index (Phi) is 4.80. The number of nitrogens with zero attached hydrogens (tertiary/aromatic N) is 1. The van der Waals surface area contributed by atoms with E-state index in [0.717, 1.165) is 15.4 Å². The molecule has 0 atom stereocenters. The van der Waals surface area contributed by atoms with Gasteiger partial charge in [-0.05, 0) is 32.0 Å². The van der Waals surface area contributed by atoms with Crippen molar-refractivity contribution in [2.75, 3.05) is 20.8 Å². The van der Waals surface area contributed by atoms with Crippen LogP contribution in [0.1, 0.15) is 22.3 Å². The molecule has 0 aliphatic rings. The highest BCUT2D eigenvalue weighted by Gasteiger charge is 2.18. The van der Waals surface area contributed by atoms with Gasteiger partial charge in [-0.25, -0.2) is 9.78 Å². The molecule has 0 bridgehead atoms. The topological polar surface area (TPSA) is 57.7 Å². The van der Waals surface area contributed by atoms with Crippen LogP contribution in [0.5, 0.6) is 11.5 Å². The summed E-state index contributed by atoms with van der Waals surface area (Å²) in [5, 5.41) is 0.747. The van der Waals surface area contributed by atoms with Crippen molar-refractivity contribution < 1.29 is 19.0 Å². The van der Waals surface area contributed by atoms with Crippen molar-refractivity contribution in [1.82, 2.24) is 4.98 Å². The predicted molar refractivity (Wildman–Crippen MR) is 81.3 cm³/mol. The highest BCUT2D eigenvalue weighted by molar-refractivity contribution is 7.15. The number of aromatic nitrogens is 1. The average molecular weight is 307 g/mol. The Hall–Kier alpha value is -2.08. The molecule has 1 heterocycles. The van der Waals surface area contributed by atoms with Gasteiger partial charge < -0.3 is 14.2 Å². The molecule has 21 heavy (non-hydrogen) atoms. The molecule has 2 rings (SSSR count). The summed E-state index contributed by atoms with van der Waals surface area (Å²) < 4.78 is 15.5. The number of rotatable bonds is 5. The summed E-state index contributed by atoms with van der Waals surface area (Å²) in [4.78, 5) is 17.0. The molecular formula is C15H17NO4S. The Morgan fingerprint density at radius 2 is 1.95 bits per heavy atom. The van der Waals surface area contributed by atoms with Crippen molar-refractivity contribution in [2.24, 2.45) is 0 Å². The van der Waals surface area contributed by atoms with Crippen LogP contribution in [0.4, 0.5) is 0 Å². The fourth-order valence-electron chi connectivity index (χ4n) is 1.88. The Balaban J connectivity index is 2.39. The maximum absolute atomic E-state index is 11.8. The third-order valence-corrected chi connectivity index (χ3v) is 3.92. The third kappa shape index (κ3) is 3.16. The molecule has 0 fully saturated rings. The zero-order valence-corrected chi connectivity index (χ0v) is 13.2. The van der Waals surface area contributed by atoms with E-state index in [4.69, 9.17) is 14.2 Å². The standard InChI is InChI=1S/C15H17NO4S/c1-5-20-15(17)13-9(2)21-14(16-13)10-6-7-11(18-3)12(8-10)19-4/h6-8H,5H2,1-4H3. The predicted octanol–water partition coefficient (Wildman–Crippen LogP) is 3.31. The number of hydrogen-bond acceptors (Lipinski definition) is 6. The van der Waals surface area contributed by atoms with Crippen molar-refractivity contribution in [3.05, 3.63) is 28.8 Å². The van der Waals surface area contributed by atoms with Gasteiger partial charge in [-0.2, -0.15) is 0 Å². The quantitative estimate of drug-likeness (QED) is 0.793. The lowest BCUT2D eigenvalue weighted by molar-refractivity contribution is 0.0519. The number of carbonyl (C=O) groups is 1. The van der Waals surface area contributed by atoms with Gasteiger partial charge in [0, 0.05) is 10.4 Å². The molecule has 112 valence electrons. The number of benzene rings is 1.